The Morgan fingerprint density at radius 3 is 3.08 bits per heavy atom. The van der Waals surface area contributed by atoms with Crippen molar-refractivity contribution in [3.05, 3.63) is 0 Å². The van der Waals surface area contributed by atoms with Gasteiger partial charge in [0.25, 0.3) is 0 Å². The summed E-state index contributed by atoms with van der Waals surface area (Å²) in [5, 5.41) is 0. The Balaban J connectivity index is 2.41. The number of rotatable bonds is 4. The van der Waals surface area contributed by atoms with Crippen LogP contribution in [0.4, 0.5) is 0 Å². The Morgan fingerprint density at radius 1 is 1.75 bits per heavy atom. The Morgan fingerprint density at radius 2 is 2.50 bits per heavy atom. The summed E-state index contributed by atoms with van der Waals surface area (Å²) in [6.45, 7) is 0.411. The summed E-state index contributed by atoms with van der Waals surface area (Å²) in [5.41, 5.74) is 0. The fourth-order valence-corrected chi connectivity index (χ4v) is 1.56. The van der Waals surface area contributed by atoms with E-state index in [2.05, 4.69) is 0 Å². The predicted molar refractivity (Wildman–Crippen MR) is 43.4 cm³/mol. The summed E-state index contributed by atoms with van der Waals surface area (Å²) in [6, 6.07) is -0.336. The van der Waals surface area contributed by atoms with Crippen LogP contribution in [0.15, 0.2) is 0 Å². The van der Waals surface area contributed by atoms with E-state index in [9.17, 15) is 4.57 Å². The summed E-state index contributed by atoms with van der Waals surface area (Å²) in [5.74, 6) is 0. The molecule has 0 spiro atoms. The minimum atomic E-state index is -0.340. The van der Waals surface area contributed by atoms with Gasteiger partial charge in [-0.25, -0.2) is 4.57 Å². The second-order valence-electron chi connectivity index (χ2n) is 2.62. The van der Waals surface area contributed by atoms with Crippen LogP contribution in [0.25, 0.3) is 0 Å². The first kappa shape index (κ1) is 10.1. The molecule has 2 radical (unpaired) electrons. The van der Waals surface area contributed by atoms with Crippen LogP contribution < -0.4 is 0 Å². The molecule has 0 bridgehead atoms. The summed E-state index contributed by atoms with van der Waals surface area (Å²) >= 11 is 0. The highest BCUT2D eigenvalue weighted by molar-refractivity contribution is 7.17. The molecule has 0 aromatic carbocycles. The molecule has 1 aliphatic heterocycles. The van der Waals surface area contributed by atoms with Gasteiger partial charge in [0, 0.05) is 13.1 Å². The largest absolute Gasteiger partial charge is 0.382 e. The molecule has 1 saturated heterocycles. The summed E-state index contributed by atoms with van der Waals surface area (Å²) in [6.07, 6.45) is 0.133. The first-order valence-electron chi connectivity index (χ1n) is 3.66. The maximum absolute atomic E-state index is 10.2. The van der Waals surface area contributed by atoms with Crippen molar-refractivity contribution >= 4 is 16.5 Å². The highest BCUT2D eigenvalue weighted by Gasteiger charge is 2.33. The SMILES string of the molecule is [B][C@H]1CC(OP=O)[C@@H](COC)O1. The highest BCUT2D eigenvalue weighted by Crippen LogP contribution is 2.24. The molecule has 0 aromatic rings. The van der Waals surface area contributed by atoms with Gasteiger partial charge < -0.3 is 9.47 Å². The fourth-order valence-electron chi connectivity index (χ4n) is 1.23. The summed E-state index contributed by atoms with van der Waals surface area (Å²) in [4.78, 5) is 0. The van der Waals surface area contributed by atoms with Crippen LogP contribution in [-0.2, 0) is 18.6 Å². The van der Waals surface area contributed by atoms with Crippen molar-refractivity contribution in [3.8, 4) is 0 Å². The van der Waals surface area contributed by atoms with Crippen molar-refractivity contribution in [2.45, 2.75) is 24.6 Å². The van der Waals surface area contributed by atoms with Crippen molar-refractivity contribution in [1.82, 2.24) is 0 Å². The lowest BCUT2D eigenvalue weighted by Gasteiger charge is -2.14. The first-order chi connectivity index (χ1) is 5.77. The Bertz CT molecular complexity index is 156. The summed E-state index contributed by atoms with van der Waals surface area (Å²) in [7, 11) is 6.74. The highest BCUT2D eigenvalue weighted by atomic mass is 31.1. The van der Waals surface area contributed by atoms with Crippen LogP contribution in [0.1, 0.15) is 6.42 Å². The molecule has 0 saturated carbocycles. The van der Waals surface area contributed by atoms with Crippen molar-refractivity contribution in [3.63, 3.8) is 0 Å². The molecule has 1 rings (SSSR count). The molecule has 6 heteroatoms. The van der Waals surface area contributed by atoms with Gasteiger partial charge >= 0.3 is 8.69 Å². The Labute approximate surface area is 74.3 Å². The van der Waals surface area contributed by atoms with E-state index in [0.717, 1.165) is 0 Å². The molecule has 1 heterocycles. The maximum atomic E-state index is 10.2. The van der Waals surface area contributed by atoms with E-state index in [1.807, 2.05) is 0 Å². The van der Waals surface area contributed by atoms with Gasteiger partial charge in [-0.3, -0.25) is 4.52 Å². The fraction of sp³-hybridized carbons (Fsp3) is 1.00. The molecular weight excluding hydrogens is 178 g/mol. The number of hydrogen-bond donors (Lipinski definition) is 0. The van der Waals surface area contributed by atoms with Gasteiger partial charge in [-0.15, -0.1) is 0 Å². The van der Waals surface area contributed by atoms with Gasteiger partial charge in [-0.1, -0.05) is 0 Å². The van der Waals surface area contributed by atoms with Crippen LogP contribution in [-0.4, -0.2) is 39.8 Å². The molecule has 0 aliphatic carbocycles. The van der Waals surface area contributed by atoms with E-state index in [1.54, 1.807) is 7.11 Å². The molecule has 0 N–H and O–H groups in total. The zero-order valence-corrected chi connectivity index (χ0v) is 7.70. The Kier molecular flexibility index (Phi) is 4.16. The van der Waals surface area contributed by atoms with Crippen LogP contribution in [0.5, 0.6) is 0 Å². The standard InChI is InChI=1S/C6H10BO4P/c1-9-3-5-4(11-12-8)2-6(7)10-5/h4-6H,2-3H2,1H3/t4?,5-,6-/m1/s1. The van der Waals surface area contributed by atoms with Gasteiger partial charge in [0.15, 0.2) is 0 Å². The molecule has 3 atom stereocenters. The molecule has 4 nitrogen and oxygen atoms in total. The molecular formula is C6H10BO4P. The third kappa shape index (κ3) is 2.52. The monoisotopic (exact) mass is 188 g/mol. The van der Waals surface area contributed by atoms with E-state index in [0.29, 0.717) is 13.0 Å². The average Bonchev–Trinajstić information content (AvgIpc) is 2.33. The Hall–Kier alpha value is 0.0449. The topological polar surface area (TPSA) is 44.8 Å². The third-order valence-corrected chi connectivity index (χ3v) is 2.10. The van der Waals surface area contributed by atoms with Gasteiger partial charge in [-0.2, -0.15) is 0 Å². The second kappa shape index (κ2) is 4.92. The zero-order chi connectivity index (χ0) is 8.97. The number of hydrogen-bond acceptors (Lipinski definition) is 4. The van der Waals surface area contributed by atoms with Crippen LogP contribution in [0.2, 0.25) is 0 Å². The number of methoxy groups -OCH3 is 1. The molecule has 0 aromatic heterocycles. The molecule has 12 heavy (non-hydrogen) atoms. The van der Waals surface area contributed by atoms with Gasteiger partial charge in [0.2, 0.25) is 0 Å². The van der Waals surface area contributed by atoms with Crippen LogP contribution in [0, 0.1) is 0 Å². The lowest BCUT2D eigenvalue weighted by atomic mass is 9.96. The molecule has 0 amide bonds. The van der Waals surface area contributed by atoms with Crippen LogP contribution >= 0.6 is 8.69 Å². The summed E-state index contributed by atoms with van der Waals surface area (Å²) < 4.78 is 25.2. The van der Waals surface area contributed by atoms with Gasteiger partial charge in [0.05, 0.1) is 6.61 Å². The van der Waals surface area contributed by atoms with Crippen molar-refractivity contribution in [2.24, 2.45) is 0 Å². The van der Waals surface area contributed by atoms with Crippen molar-refractivity contribution in [1.29, 1.82) is 0 Å². The molecule has 66 valence electrons. The third-order valence-electron chi connectivity index (χ3n) is 1.74. The van der Waals surface area contributed by atoms with E-state index >= 15 is 0 Å². The lowest BCUT2D eigenvalue weighted by Crippen LogP contribution is -2.26. The minimum Gasteiger partial charge on any atom is -0.382 e. The first-order valence-corrected chi connectivity index (χ1v) is 4.39. The van der Waals surface area contributed by atoms with Crippen molar-refractivity contribution < 1.29 is 18.6 Å². The molecule has 1 unspecified atom stereocenters. The van der Waals surface area contributed by atoms with E-state index in [-0.39, 0.29) is 26.9 Å². The zero-order valence-electron chi connectivity index (χ0n) is 6.80. The normalized spacial score (nSPS) is 35.9. The lowest BCUT2D eigenvalue weighted by molar-refractivity contribution is -0.00774. The van der Waals surface area contributed by atoms with Crippen LogP contribution in [0.3, 0.4) is 0 Å². The van der Waals surface area contributed by atoms with Gasteiger partial charge in [-0.05, 0) is 6.42 Å². The van der Waals surface area contributed by atoms with Gasteiger partial charge in [0.1, 0.15) is 20.1 Å². The molecule has 1 fully saturated rings. The van der Waals surface area contributed by atoms with Crippen molar-refractivity contribution in [2.75, 3.05) is 13.7 Å². The second-order valence-corrected chi connectivity index (χ2v) is 2.98. The molecule has 1 aliphatic rings. The maximum Gasteiger partial charge on any atom is 0.327 e. The average molecular weight is 188 g/mol. The minimum absolute atomic E-state index is 0.202. The number of ether oxygens (including phenoxy) is 2. The van der Waals surface area contributed by atoms with E-state index < -0.39 is 0 Å². The van der Waals surface area contributed by atoms with E-state index in [1.165, 1.54) is 0 Å². The smallest absolute Gasteiger partial charge is 0.327 e. The predicted octanol–water partition coefficient (Wildman–Crippen LogP) is 0.508. The van der Waals surface area contributed by atoms with E-state index in [4.69, 9.17) is 21.8 Å². The quantitative estimate of drug-likeness (QED) is 0.476.